The van der Waals surface area contributed by atoms with Gasteiger partial charge in [0.25, 0.3) is 0 Å². The van der Waals surface area contributed by atoms with Crippen LogP contribution in [0.15, 0.2) is 65.6 Å². The maximum absolute atomic E-state index is 13.5. The van der Waals surface area contributed by atoms with E-state index >= 15 is 0 Å². The quantitative estimate of drug-likeness (QED) is 0.288. The highest BCUT2D eigenvalue weighted by molar-refractivity contribution is 7.92. The minimum absolute atomic E-state index is 0.181. The molecule has 0 aliphatic heterocycles. The van der Waals surface area contributed by atoms with Crippen LogP contribution in [0.25, 0.3) is 0 Å². The van der Waals surface area contributed by atoms with Gasteiger partial charge in [-0.15, -0.1) is 0 Å². The molecule has 2 unspecified atom stereocenters. The smallest absolute Gasteiger partial charge is 0.315 e. The predicted molar refractivity (Wildman–Crippen MR) is 118 cm³/mol. The van der Waals surface area contributed by atoms with E-state index in [-0.39, 0.29) is 29.6 Å². The highest BCUT2D eigenvalue weighted by Crippen LogP contribution is 2.32. The third-order valence-electron chi connectivity index (χ3n) is 5.12. The lowest BCUT2D eigenvalue weighted by atomic mass is 9.91. The molecule has 2 atom stereocenters. The third kappa shape index (κ3) is 6.92. The fraction of sp³-hybridized carbons (Fsp3) is 0.417. The standard InChI is InChI=1S/C24H30O6S/c1-18(2)23(31(27,28)20-14-8-5-9-15-20)21(16-10-11-17-22(25)29-3)24(26)30-19-12-6-4-7-13-19/h4-9,12-15,18,21,23H,10-11,16-17H2,1-3H3. The third-order valence-corrected chi connectivity index (χ3v) is 7.64. The van der Waals surface area contributed by atoms with Crippen LogP contribution in [0.3, 0.4) is 0 Å². The Bertz CT molecular complexity index is 939. The molecule has 0 saturated carbocycles. The molecule has 0 N–H and O–H groups in total. The average molecular weight is 447 g/mol. The normalized spacial score (nSPS) is 13.4. The number of esters is 2. The zero-order valence-corrected chi connectivity index (χ0v) is 19.0. The first kappa shape index (κ1) is 24.6. The number of benzene rings is 2. The average Bonchev–Trinajstić information content (AvgIpc) is 2.76. The van der Waals surface area contributed by atoms with E-state index in [2.05, 4.69) is 4.74 Å². The Hall–Kier alpha value is -2.67. The Balaban J connectivity index is 2.32. The van der Waals surface area contributed by atoms with Crippen molar-refractivity contribution >= 4 is 21.8 Å². The Labute approximate surface area is 184 Å². The van der Waals surface area contributed by atoms with Crippen molar-refractivity contribution in [1.29, 1.82) is 0 Å². The molecule has 31 heavy (non-hydrogen) atoms. The zero-order chi connectivity index (χ0) is 22.9. The first-order valence-electron chi connectivity index (χ1n) is 10.4. The van der Waals surface area contributed by atoms with E-state index in [9.17, 15) is 18.0 Å². The Kier molecular flexibility index (Phi) is 9.24. The van der Waals surface area contributed by atoms with Gasteiger partial charge < -0.3 is 9.47 Å². The second-order valence-corrected chi connectivity index (χ2v) is 9.84. The molecule has 0 aliphatic carbocycles. The second kappa shape index (κ2) is 11.6. The van der Waals surface area contributed by atoms with Crippen LogP contribution in [0.5, 0.6) is 5.75 Å². The Morgan fingerprint density at radius 1 is 0.903 bits per heavy atom. The summed E-state index contributed by atoms with van der Waals surface area (Å²) in [7, 11) is -2.46. The summed E-state index contributed by atoms with van der Waals surface area (Å²) in [4.78, 5) is 24.7. The molecule has 0 aromatic heterocycles. The van der Waals surface area contributed by atoms with Crippen molar-refractivity contribution in [2.75, 3.05) is 7.11 Å². The van der Waals surface area contributed by atoms with Gasteiger partial charge in [-0.1, -0.05) is 56.7 Å². The van der Waals surface area contributed by atoms with Gasteiger partial charge in [0.15, 0.2) is 9.84 Å². The van der Waals surface area contributed by atoms with Crippen LogP contribution in [0.2, 0.25) is 0 Å². The lowest BCUT2D eigenvalue weighted by molar-refractivity contribution is -0.140. The lowest BCUT2D eigenvalue weighted by Gasteiger charge is -2.28. The van der Waals surface area contributed by atoms with Crippen LogP contribution in [-0.4, -0.2) is 32.7 Å². The molecule has 0 radical (unpaired) electrons. The van der Waals surface area contributed by atoms with Crippen molar-refractivity contribution in [3.8, 4) is 5.75 Å². The molecule has 168 valence electrons. The van der Waals surface area contributed by atoms with E-state index < -0.39 is 27.0 Å². The van der Waals surface area contributed by atoms with Gasteiger partial charge in [-0.2, -0.15) is 0 Å². The summed E-state index contributed by atoms with van der Waals surface area (Å²) in [6.07, 6.45) is 1.50. The van der Waals surface area contributed by atoms with Crippen LogP contribution in [0, 0.1) is 11.8 Å². The van der Waals surface area contributed by atoms with E-state index in [0.717, 1.165) is 0 Å². The molecule has 6 nitrogen and oxygen atoms in total. The van der Waals surface area contributed by atoms with Gasteiger partial charge in [0, 0.05) is 6.42 Å². The molecule has 2 aromatic rings. The first-order chi connectivity index (χ1) is 14.8. The zero-order valence-electron chi connectivity index (χ0n) is 18.2. The fourth-order valence-electron chi connectivity index (χ4n) is 3.64. The Morgan fingerprint density at radius 2 is 1.48 bits per heavy atom. The molecule has 0 fully saturated rings. The molecule has 0 heterocycles. The number of hydrogen-bond donors (Lipinski definition) is 0. The topological polar surface area (TPSA) is 86.7 Å². The molecule has 2 aromatic carbocycles. The maximum atomic E-state index is 13.5. The molecular formula is C24H30O6S. The van der Waals surface area contributed by atoms with Crippen LogP contribution in [0.1, 0.15) is 39.5 Å². The van der Waals surface area contributed by atoms with Crippen LogP contribution >= 0.6 is 0 Å². The van der Waals surface area contributed by atoms with Crippen molar-refractivity contribution in [3.63, 3.8) is 0 Å². The predicted octanol–water partition coefficient (Wildman–Crippen LogP) is 4.44. The largest absolute Gasteiger partial charge is 0.469 e. The van der Waals surface area contributed by atoms with Crippen LogP contribution in [0.4, 0.5) is 0 Å². The van der Waals surface area contributed by atoms with Crippen molar-refractivity contribution in [2.24, 2.45) is 11.8 Å². The number of para-hydroxylation sites is 1. The number of carbonyl (C=O) groups is 2. The van der Waals surface area contributed by atoms with Crippen molar-refractivity contribution in [1.82, 2.24) is 0 Å². The second-order valence-electron chi connectivity index (χ2n) is 7.73. The van der Waals surface area contributed by atoms with E-state index in [1.807, 2.05) is 0 Å². The van der Waals surface area contributed by atoms with E-state index in [4.69, 9.17) is 4.74 Å². The van der Waals surface area contributed by atoms with Crippen LogP contribution < -0.4 is 4.74 Å². The molecule has 0 bridgehead atoms. The van der Waals surface area contributed by atoms with E-state index in [0.29, 0.717) is 18.6 Å². The number of methoxy groups -OCH3 is 1. The van der Waals surface area contributed by atoms with Crippen molar-refractivity contribution < 1.29 is 27.5 Å². The van der Waals surface area contributed by atoms with Gasteiger partial charge in [0.05, 0.1) is 23.2 Å². The molecule has 2 rings (SSSR count). The minimum Gasteiger partial charge on any atom is -0.469 e. The van der Waals surface area contributed by atoms with Crippen LogP contribution in [-0.2, 0) is 24.2 Å². The van der Waals surface area contributed by atoms with Gasteiger partial charge in [-0.05, 0) is 43.0 Å². The number of hydrogen-bond acceptors (Lipinski definition) is 6. The number of sulfone groups is 1. The summed E-state index contributed by atoms with van der Waals surface area (Å²) < 4.78 is 37.2. The van der Waals surface area contributed by atoms with Crippen molar-refractivity contribution in [3.05, 3.63) is 60.7 Å². The first-order valence-corrected chi connectivity index (χ1v) is 11.9. The number of unbranched alkanes of at least 4 members (excludes halogenated alkanes) is 1. The molecule has 0 spiro atoms. The van der Waals surface area contributed by atoms with Gasteiger partial charge in [0.2, 0.25) is 0 Å². The maximum Gasteiger partial charge on any atom is 0.315 e. The van der Waals surface area contributed by atoms with Crippen molar-refractivity contribution in [2.45, 2.75) is 49.7 Å². The molecule has 7 heteroatoms. The number of carbonyl (C=O) groups excluding carboxylic acids is 2. The fourth-order valence-corrected chi connectivity index (χ4v) is 5.89. The SMILES string of the molecule is COC(=O)CCCCC(C(=O)Oc1ccccc1)C(C(C)C)S(=O)(=O)c1ccccc1. The lowest BCUT2D eigenvalue weighted by Crippen LogP contribution is -2.41. The summed E-state index contributed by atoms with van der Waals surface area (Å²) in [5.41, 5.74) is 0. The molecular weight excluding hydrogens is 416 g/mol. The highest BCUT2D eigenvalue weighted by atomic mass is 32.2. The monoisotopic (exact) mass is 446 g/mol. The van der Waals surface area contributed by atoms with Gasteiger partial charge in [-0.25, -0.2) is 8.42 Å². The Morgan fingerprint density at radius 3 is 2.03 bits per heavy atom. The summed E-state index contributed by atoms with van der Waals surface area (Å²) in [6.45, 7) is 3.59. The molecule has 0 amide bonds. The number of ether oxygens (including phenoxy) is 2. The molecule has 0 aliphatic rings. The summed E-state index contributed by atoms with van der Waals surface area (Å²) >= 11 is 0. The number of rotatable bonds is 11. The summed E-state index contributed by atoms with van der Waals surface area (Å²) in [5, 5.41) is -0.954. The summed E-state index contributed by atoms with van der Waals surface area (Å²) in [6, 6.07) is 16.8. The minimum atomic E-state index is -3.79. The highest BCUT2D eigenvalue weighted by Gasteiger charge is 2.41. The summed E-state index contributed by atoms with van der Waals surface area (Å²) in [5.74, 6) is -1.74. The van der Waals surface area contributed by atoms with E-state index in [1.165, 1.54) is 7.11 Å². The van der Waals surface area contributed by atoms with E-state index in [1.54, 1.807) is 74.5 Å². The van der Waals surface area contributed by atoms with Gasteiger partial charge in [-0.3, -0.25) is 9.59 Å². The molecule has 0 saturated heterocycles. The van der Waals surface area contributed by atoms with Gasteiger partial charge in [0.1, 0.15) is 5.75 Å². The van der Waals surface area contributed by atoms with Gasteiger partial charge >= 0.3 is 11.9 Å².